The second kappa shape index (κ2) is 7.67. The molecule has 1 aromatic carbocycles. The molecular formula is C21H16FN3O4. The molecule has 0 amide bonds. The van der Waals surface area contributed by atoms with E-state index in [0.717, 1.165) is 5.39 Å². The van der Waals surface area contributed by atoms with Crippen molar-refractivity contribution in [3.8, 4) is 0 Å². The van der Waals surface area contributed by atoms with Gasteiger partial charge in [-0.2, -0.15) is 0 Å². The highest BCUT2D eigenvalue weighted by Crippen LogP contribution is 2.29. The van der Waals surface area contributed by atoms with Crippen molar-refractivity contribution in [2.24, 2.45) is 10.9 Å². The lowest BCUT2D eigenvalue weighted by Crippen LogP contribution is -2.27. The molecule has 1 unspecified atom stereocenters. The van der Waals surface area contributed by atoms with Gasteiger partial charge < -0.3 is 14.5 Å². The summed E-state index contributed by atoms with van der Waals surface area (Å²) in [4.78, 5) is 36.7. The van der Waals surface area contributed by atoms with Gasteiger partial charge in [-0.1, -0.05) is 0 Å². The molecule has 8 heteroatoms. The summed E-state index contributed by atoms with van der Waals surface area (Å²) >= 11 is 0. The number of allylic oxidation sites excluding steroid dienone is 1. The molecule has 3 heterocycles. The minimum atomic E-state index is -1.31. The summed E-state index contributed by atoms with van der Waals surface area (Å²) in [5.74, 6) is -3.18. The summed E-state index contributed by atoms with van der Waals surface area (Å²) in [7, 11) is 0. The summed E-state index contributed by atoms with van der Waals surface area (Å²) in [5, 5.41) is 0.799. The first-order valence-electron chi connectivity index (χ1n) is 8.93. The Kier molecular flexibility index (Phi) is 4.90. The third-order valence-electron chi connectivity index (χ3n) is 4.32. The Morgan fingerprint density at radius 1 is 1.34 bits per heavy atom. The quantitative estimate of drug-likeness (QED) is 0.416. The van der Waals surface area contributed by atoms with Crippen LogP contribution in [0, 0.1) is 11.7 Å². The molecule has 1 N–H and O–H groups in total. The van der Waals surface area contributed by atoms with Crippen LogP contribution < -0.4 is 0 Å². The number of Topliss-reactive ketones (excluding diaryl/α,β-unsaturated/α-hetero) is 1. The molecule has 0 bridgehead atoms. The number of pyridine rings is 1. The first-order valence-corrected chi connectivity index (χ1v) is 8.93. The Balaban J connectivity index is 1.74. The Labute approximate surface area is 164 Å². The number of nitrogens with zero attached hydrogens (tertiary/aromatic N) is 2. The summed E-state index contributed by atoms with van der Waals surface area (Å²) < 4.78 is 23.8. The number of aromatic amines is 1. The van der Waals surface area contributed by atoms with Gasteiger partial charge in [-0.3, -0.25) is 9.59 Å². The number of nitrogens with one attached hydrogen (secondary N) is 1. The molecule has 2 aromatic heterocycles. The molecule has 146 valence electrons. The van der Waals surface area contributed by atoms with E-state index in [2.05, 4.69) is 15.0 Å². The fraction of sp³-hybridized carbons (Fsp3) is 0.143. The largest absolute Gasteiger partial charge is 0.465 e. The van der Waals surface area contributed by atoms with E-state index in [1.54, 1.807) is 25.4 Å². The van der Waals surface area contributed by atoms with Gasteiger partial charge in [0.05, 0.1) is 12.3 Å². The van der Waals surface area contributed by atoms with Crippen LogP contribution in [0.2, 0.25) is 0 Å². The van der Waals surface area contributed by atoms with Gasteiger partial charge in [0.2, 0.25) is 11.7 Å². The minimum absolute atomic E-state index is 0.0336. The molecule has 1 fully saturated rings. The number of esters is 1. The molecule has 1 atom stereocenters. The number of ketones is 1. The van der Waals surface area contributed by atoms with Crippen LogP contribution in [0.1, 0.15) is 12.5 Å². The number of hydrogen-bond donors (Lipinski definition) is 1. The van der Waals surface area contributed by atoms with Crippen LogP contribution in [0.4, 0.5) is 10.1 Å². The van der Waals surface area contributed by atoms with Crippen LogP contribution in [0.25, 0.3) is 17.1 Å². The number of fused-ring (bicyclic) bond motifs is 1. The number of aromatic nitrogens is 2. The van der Waals surface area contributed by atoms with E-state index >= 15 is 0 Å². The maximum absolute atomic E-state index is 13.1. The molecule has 1 saturated heterocycles. The molecule has 0 saturated carbocycles. The minimum Gasteiger partial charge on any atom is -0.465 e. The van der Waals surface area contributed by atoms with Crippen molar-refractivity contribution in [1.29, 1.82) is 0 Å². The van der Waals surface area contributed by atoms with Gasteiger partial charge in [-0.05, 0) is 49.4 Å². The lowest BCUT2D eigenvalue weighted by atomic mass is 10.0. The maximum Gasteiger partial charge on any atom is 0.326 e. The average molecular weight is 393 g/mol. The van der Waals surface area contributed by atoms with E-state index in [0.29, 0.717) is 16.9 Å². The number of carbonyl (C=O) groups excluding carboxylic acids is 2. The van der Waals surface area contributed by atoms with Gasteiger partial charge in [-0.15, -0.1) is 0 Å². The predicted molar refractivity (Wildman–Crippen MR) is 104 cm³/mol. The topological polar surface area (TPSA) is 93.6 Å². The third-order valence-corrected chi connectivity index (χ3v) is 4.32. The van der Waals surface area contributed by atoms with Crippen molar-refractivity contribution >= 4 is 40.4 Å². The molecule has 29 heavy (non-hydrogen) atoms. The summed E-state index contributed by atoms with van der Waals surface area (Å²) in [6, 6.07) is 8.92. The van der Waals surface area contributed by atoms with Crippen LogP contribution in [-0.4, -0.2) is 34.2 Å². The zero-order valence-electron chi connectivity index (χ0n) is 15.4. The smallest absolute Gasteiger partial charge is 0.326 e. The summed E-state index contributed by atoms with van der Waals surface area (Å²) in [6.45, 7) is 1.75. The summed E-state index contributed by atoms with van der Waals surface area (Å²) in [6.07, 6.45) is 4.87. The Morgan fingerprint density at radius 2 is 2.14 bits per heavy atom. The highest BCUT2D eigenvalue weighted by Gasteiger charge is 2.44. The first kappa shape index (κ1) is 18.5. The first-order chi connectivity index (χ1) is 14.1. The molecule has 3 aromatic rings. The molecule has 0 aliphatic carbocycles. The maximum atomic E-state index is 13.1. The lowest BCUT2D eigenvalue weighted by molar-refractivity contribution is -0.147. The molecule has 7 nitrogen and oxygen atoms in total. The monoisotopic (exact) mass is 393 g/mol. The van der Waals surface area contributed by atoms with Gasteiger partial charge in [0, 0.05) is 23.3 Å². The Hall–Kier alpha value is -3.81. The number of ether oxygens (including phenoxy) is 2. The van der Waals surface area contributed by atoms with E-state index in [1.165, 1.54) is 30.3 Å². The predicted octanol–water partition coefficient (Wildman–Crippen LogP) is 3.55. The highest BCUT2D eigenvalue weighted by molar-refractivity contribution is 6.27. The van der Waals surface area contributed by atoms with Crippen molar-refractivity contribution in [1.82, 2.24) is 9.97 Å². The molecule has 1 aliphatic heterocycles. The fourth-order valence-corrected chi connectivity index (χ4v) is 2.98. The Morgan fingerprint density at radius 3 is 2.90 bits per heavy atom. The summed E-state index contributed by atoms with van der Waals surface area (Å²) in [5.41, 5.74) is 1.69. The van der Waals surface area contributed by atoms with E-state index in [-0.39, 0.29) is 18.3 Å². The average Bonchev–Trinajstić information content (AvgIpc) is 3.25. The van der Waals surface area contributed by atoms with Crippen molar-refractivity contribution in [2.45, 2.75) is 6.92 Å². The van der Waals surface area contributed by atoms with Crippen LogP contribution in [0.3, 0.4) is 0 Å². The van der Waals surface area contributed by atoms with E-state index in [9.17, 15) is 14.0 Å². The molecule has 0 radical (unpaired) electrons. The number of aliphatic imine (C=N–C) groups is 1. The van der Waals surface area contributed by atoms with Crippen molar-refractivity contribution in [3.63, 3.8) is 0 Å². The molecule has 4 rings (SSSR count). The van der Waals surface area contributed by atoms with Crippen LogP contribution >= 0.6 is 0 Å². The van der Waals surface area contributed by atoms with Crippen LogP contribution in [0.15, 0.2) is 59.5 Å². The second-order valence-corrected chi connectivity index (χ2v) is 6.23. The number of hydrogen-bond acceptors (Lipinski definition) is 6. The van der Waals surface area contributed by atoms with Gasteiger partial charge >= 0.3 is 5.97 Å². The highest BCUT2D eigenvalue weighted by atomic mass is 19.1. The van der Waals surface area contributed by atoms with E-state index in [4.69, 9.17) is 9.47 Å². The van der Waals surface area contributed by atoms with E-state index < -0.39 is 23.5 Å². The van der Waals surface area contributed by atoms with Gasteiger partial charge in [0.15, 0.2) is 11.7 Å². The van der Waals surface area contributed by atoms with Crippen molar-refractivity contribution < 1.29 is 23.5 Å². The van der Waals surface area contributed by atoms with Crippen molar-refractivity contribution in [3.05, 3.63) is 65.9 Å². The zero-order valence-corrected chi connectivity index (χ0v) is 15.4. The van der Waals surface area contributed by atoms with Gasteiger partial charge in [0.25, 0.3) is 0 Å². The number of halogens is 1. The molecule has 1 aliphatic rings. The van der Waals surface area contributed by atoms with Crippen LogP contribution in [-0.2, 0) is 19.1 Å². The normalized spacial score (nSPS) is 19.1. The number of carbonyl (C=O) groups is 2. The standard InChI is InChI=1S/C21H16FN3O4/c1-2-28-21(27)17-18(26)16(10-12-11-24-19-15(12)4-3-9-23-19)29-20(17)25-14-7-5-13(22)6-8-14/h3-11,17H,2H2,1H3,(H,23,24)/b16-10-,25-20?. The SMILES string of the molecule is CCOC(=O)C1C(=O)/C(=C/c2c[nH]c3ncccc23)OC1=Nc1ccc(F)cc1. The zero-order chi connectivity index (χ0) is 20.4. The van der Waals surface area contributed by atoms with Gasteiger partial charge in [-0.25, -0.2) is 14.4 Å². The van der Waals surface area contributed by atoms with E-state index in [1.807, 2.05) is 6.07 Å². The van der Waals surface area contributed by atoms with Gasteiger partial charge in [0.1, 0.15) is 11.5 Å². The molecule has 0 spiro atoms. The third kappa shape index (κ3) is 3.64. The molecular weight excluding hydrogens is 377 g/mol. The van der Waals surface area contributed by atoms with Crippen molar-refractivity contribution in [2.75, 3.05) is 6.61 Å². The fourth-order valence-electron chi connectivity index (χ4n) is 2.98. The number of rotatable bonds is 4. The second-order valence-electron chi connectivity index (χ2n) is 6.23. The Bertz CT molecular complexity index is 1150. The van der Waals surface area contributed by atoms with Crippen LogP contribution in [0.5, 0.6) is 0 Å². The number of H-pyrrole nitrogens is 1. The lowest BCUT2D eigenvalue weighted by Gasteiger charge is -2.06. The number of benzene rings is 1.